The summed E-state index contributed by atoms with van der Waals surface area (Å²) >= 11 is 1.06. The Morgan fingerprint density at radius 2 is 2.35 bits per heavy atom. The second-order valence-electron chi connectivity index (χ2n) is 4.88. The van der Waals surface area contributed by atoms with Gasteiger partial charge in [0.2, 0.25) is 0 Å². The van der Waals surface area contributed by atoms with E-state index in [4.69, 9.17) is 5.11 Å². The number of hydrogen-bond acceptors (Lipinski definition) is 4. The number of H-pyrrole nitrogens is 1. The number of urea groups is 1. The first-order chi connectivity index (χ1) is 9.54. The summed E-state index contributed by atoms with van der Waals surface area (Å²) in [6.07, 6.45) is 1.76. The molecule has 0 aliphatic carbocycles. The highest BCUT2D eigenvalue weighted by Crippen LogP contribution is 2.19. The Labute approximate surface area is 119 Å². The maximum absolute atomic E-state index is 12.0. The van der Waals surface area contributed by atoms with Gasteiger partial charge in [0.15, 0.2) is 0 Å². The number of carbonyl (C=O) groups is 2. The number of carboxylic acid groups (broad SMARTS) is 1. The molecule has 0 saturated carbocycles. The van der Waals surface area contributed by atoms with Crippen LogP contribution in [-0.2, 0) is 11.3 Å². The van der Waals surface area contributed by atoms with Crippen LogP contribution in [0.1, 0.15) is 25.0 Å². The minimum Gasteiger partial charge on any atom is -0.481 e. The number of aromatic nitrogens is 1. The van der Waals surface area contributed by atoms with Gasteiger partial charge in [-0.3, -0.25) is 9.59 Å². The number of thiazole rings is 1. The highest BCUT2D eigenvalue weighted by atomic mass is 32.1. The Morgan fingerprint density at radius 1 is 1.55 bits per heavy atom. The lowest BCUT2D eigenvalue weighted by molar-refractivity contribution is -0.138. The van der Waals surface area contributed by atoms with E-state index in [1.807, 2.05) is 0 Å². The van der Waals surface area contributed by atoms with Gasteiger partial charge < -0.3 is 20.3 Å². The Kier molecular flexibility index (Phi) is 4.78. The minimum absolute atomic E-state index is 0.0213. The van der Waals surface area contributed by atoms with E-state index in [-0.39, 0.29) is 29.8 Å². The zero-order valence-electron chi connectivity index (χ0n) is 10.9. The number of hydrogen-bond donors (Lipinski definition) is 3. The predicted octanol–water partition coefficient (Wildman–Crippen LogP) is 0.833. The highest BCUT2D eigenvalue weighted by Gasteiger charge is 2.25. The van der Waals surface area contributed by atoms with Crippen molar-refractivity contribution in [1.29, 1.82) is 0 Å². The second kappa shape index (κ2) is 6.56. The molecule has 0 radical (unpaired) electrons. The fourth-order valence-corrected chi connectivity index (χ4v) is 2.93. The van der Waals surface area contributed by atoms with Crippen LogP contribution in [0.15, 0.2) is 10.2 Å². The Balaban J connectivity index is 1.82. The molecule has 1 aromatic rings. The number of nitrogens with one attached hydrogen (secondary N) is 2. The molecule has 1 atom stereocenters. The van der Waals surface area contributed by atoms with Crippen molar-refractivity contribution in [2.24, 2.45) is 5.92 Å². The highest BCUT2D eigenvalue weighted by molar-refractivity contribution is 7.07. The molecule has 1 fully saturated rings. The number of nitrogens with zero attached hydrogens (tertiary/aromatic N) is 1. The van der Waals surface area contributed by atoms with Crippen molar-refractivity contribution in [3.8, 4) is 0 Å². The minimum atomic E-state index is -0.826. The number of amides is 2. The standard InChI is InChI=1S/C12H17N3O4S/c16-10(17)4-8-2-1-3-15(6-8)11(18)13-5-9-7-20-12(19)14-9/h7-8H,1-6H2,(H,13,18)(H,14,19)(H,16,17). The van der Waals surface area contributed by atoms with Crippen molar-refractivity contribution in [1.82, 2.24) is 15.2 Å². The molecule has 110 valence electrons. The zero-order chi connectivity index (χ0) is 14.5. The van der Waals surface area contributed by atoms with Gasteiger partial charge in [-0.25, -0.2) is 4.79 Å². The lowest BCUT2D eigenvalue weighted by Gasteiger charge is -2.32. The van der Waals surface area contributed by atoms with E-state index in [2.05, 4.69) is 10.3 Å². The third-order valence-electron chi connectivity index (χ3n) is 3.27. The van der Waals surface area contributed by atoms with E-state index in [1.54, 1.807) is 10.3 Å². The lowest BCUT2D eigenvalue weighted by Crippen LogP contribution is -2.45. The molecule has 3 N–H and O–H groups in total. The molecular formula is C12H17N3O4S. The largest absolute Gasteiger partial charge is 0.481 e. The number of aliphatic carboxylic acids is 1. The number of likely N-dealkylation sites (tertiary alicyclic amines) is 1. The van der Waals surface area contributed by atoms with Gasteiger partial charge in [0, 0.05) is 30.6 Å². The fraction of sp³-hybridized carbons (Fsp3) is 0.583. The summed E-state index contributed by atoms with van der Waals surface area (Å²) in [5.41, 5.74) is 0.674. The Hall–Kier alpha value is -1.83. The summed E-state index contributed by atoms with van der Waals surface area (Å²) in [7, 11) is 0. The van der Waals surface area contributed by atoms with E-state index in [0.29, 0.717) is 18.8 Å². The average molecular weight is 299 g/mol. The lowest BCUT2D eigenvalue weighted by atomic mass is 9.95. The molecule has 2 rings (SSSR count). The van der Waals surface area contributed by atoms with Crippen LogP contribution in [0.4, 0.5) is 4.79 Å². The molecule has 0 spiro atoms. The van der Waals surface area contributed by atoms with E-state index in [1.165, 1.54) is 0 Å². The number of carbonyl (C=O) groups excluding carboxylic acids is 1. The maximum atomic E-state index is 12.0. The van der Waals surface area contributed by atoms with E-state index in [9.17, 15) is 14.4 Å². The van der Waals surface area contributed by atoms with Gasteiger partial charge >= 0.3 is 16.9 Å². The SMILES string of the molecule is O=C(O)CC1CCCN(C(=O)NCc2csc(=O)[nH]2)C1. The molecular weight excluding hydrogens is 282 g/mol. The van der Waals surface area contributed by atoms with Crippen LogP contribution in [0.3, 0.4) is 0 Å². The van der Waals surface area contributed by atoms with Crippen LogP contribution < -0.4 is 10.2 Å². The molecule has 2 amide bonds. The number of carboxylic acids is 1. The zero-order valence-corrected chi connectivity index (χ0v) is 11.7. The first-order valence-electron chi connectivity index (χ1n) is 6.46. The maximum Gasteiger partial charge on any atom is 0.317 e. The summed E-state index contributed by atoms with van der Waals surface area (Å²) in [5.74, 6) is -0.805. The molecule has 0 bridgehead atoms. The number of piperidine rings is 1. The van der Waals surface area contributed by atoms with Crippen molar-refractivity contribution in [3.05, 3.63) is 20.7 Å². The quantitative estimate of drug-likeness (QED) is 0.766. The van der Waals surface area contributed by atoms with Crippen molar-refractivity contribution in [2.75, 3.05) is 13.1 Å². The molecule has 20 heavy (non-hydrogen) atoms. The number of aromatic amines is 1. The predicted molar refractivity (Wildman–Crippen MR) is 73.7 cm³/mol. The summed E-state index contributed by atoms with van der Waals surface area (Å²) < 4.78 is 0. The molecule has 1 aromatic heterocycles. The first-order valence-corrected chi connectivity index (χ1v) is 7.34. The van der Waals surface area contributed by atoms with Crippen molar-refractivity contribution in [2.45, 2.75) is 25.8 Å². The smallest absolute Gasteiger partial charge is 0.317 e. The van der Waals surface area contributed by atoms with Gasteiger partial charge in [-0.2, -0.15) is 0 Å². The Bertz CT molecular complexity index is 539. The first kappa shape index (κ1) is 14.6. The third-order valence-corrected chi connectivity index (χ3v) is 3.99. The summed E-state index contributed by atoms with van der Waals surface area (Å²) in [6, 6.07) is -0.216. The van der Waals surface area contributed by atoms with Crippen LogP contribution in [0.2, 0.25) is 0 Å². The monoisotopic (exact) mass is 299 g/mol. The van der Waals surface area contributed by atoms with Crippen molar-refractivity contribution >= 4 is 23.3 Å². The Morgan fingerprint density at radius 3 is 3.00 bits per heavy atom. The van der Waals surface area contributed by atoms with Crippen LogP contribution >= 0.6 is 11.3 Å². The van der Waals surface area contributed by atoms with Gasteiger partial charge in [-0.05, 0) is 18.8 Å². The topological polar surface area (TPSA) is 102 Å². The molecule has 0 aromatic carbocycles. The molecule has 1 aliphatic rings. The fourth-order valence-electron chi connectivity index (χ4n) is 2.35. The van der Waals surface area contributed by atoms with Crippen LogP contribution in [0, 0.1) is 5.92 Å². The van der Waals surface area contributed by atoms with E-state index in [0.717, 1.165) is 24.2 Å². The van der Waals surface area contributed by atoms with Gasteiger partial charge in [0.25, 0.3) is 0 Å². The van der Waals surface area contributed by atoms with Crippen LogP contribution in [-0.4, -0.2) is 40.1 Å². The van der Waals surface area contributed by atoms with Crippen molar-refractivity contribution in [3.63, 3.8) is 0 Å². The van der Waals surface area contributed by atoms with E-state index < -0.39 is 5.97 Å². The molecule has 2 heterocycles. The van der Waals surface area contributed by atoms with Gasteiger partial charge in [-0.15, -0.1) is 0 Å². The average Bonchev–Trinajstić information content (AvgIpc) is 2.81. The van der Waals surface area contributed by atoms with Gasteiger partial charge in [-0.1, -0.05) is 11.3 Å². The molecule has 8 heteroatoms. The van der Waals surface area contributed by atoms with Crippen LogP contribution in [0.25, 0.3) is 0 Å². The summed E-state index contributed by atoms with van der Waals surface area (Å²) in [6.45, 7) is 1.39. The summed E-state index contributed by atoms with van der Waals surface area (Å²) in [5, 5.41) is 13.2. The normalized spacial score (nSPS) is 18.8. The molecule has 7 nitrogen and oxygen atoms in total. The number of rotatable bonds is 4. The van der Waals surface area contributed by atoms with Crippen molar-refractivity contribution < 1.29 is 14.7 Å². The summed E-state index contributed by atoms with van der Waals surface area (Å²) in [4.78, 5) is 37.8. The molecule has 1 saturated heterocycles. The van der Waals surface area contributed by atoms with Gasteiger partial charge in [0.05, 0.1) is 6.54 Å². The van der Waals surface area contributed by atoms with E-state index >= 15 is 0 Å². The third kappa shape index (κ3) is 4.09. The molecule has 1 unspecified atom stereocenters. The molecule has 1 aliphatic heterocycles. The second-order valence-corrected chi connectivity index (χ2v) is 5.73. The van der Waals surface area contributed by atoms with Gasteiger partial charge in [0.1, 0.15) is 0 Å². The van der Waals surface area contributed by atoms with Crippen LogP contribution in [0.5, 0.6) is 0 Å².